The molecule has 5 nitrogen and oxygen atoms in total. The van der Waals surface area contributed by atoms with Crippen molar-refractivity contribution in [2.24, 2.45) is 0 Å². The van der Waals surface area contributed by atoms with Crippen molar-refractivity contribution in [3.05, 3.63) is 83.9 Å². The summed E-state index contributed by atoms with van der Waals surface area (Å²) in [5, 5.41) is 15.6. The molecule has 148 valence electrons. The molecule has 0 amide bonds. The van der Waals surface area contributed by atoms with Crippen LogP contribution in [0.1, 0.15) is 36.4 Å². The third kappa shape index (κ3) is 7.76. The molecule has 2 aromatic rings. The predicted octanol–water partition coefficient (Wildman–Crippen LogP) is 4.17. The van der Waals surface area contributed by atoms with E-state index in [0.717, 1.165) is 6.42 Å². The lowest BCUT2D eigenvalue weighted by molar-refractivity contribution is -0.134. The van der Waals surface area contributed by atoms with Gasteiger partial charge in [-0.15, -0.1) is 0 Å². The minimum atomic E-state index is -1.26. The van der Waals surface area contributed by atoms with Crippen LogP contribution in [-0.2, 0) is 16.0 Å². The monoisotopic (exact) mass is 381 g/mol. The Labute approximate surface area is 165 Å². The van der Waals surface area contributed by atoms with Crippen LogP contribution in [0.5, 0.6) is 0 Å². The Kier molecular flexibility index (Phi) is 8.95. The molecule has 2 N–H and O–H groups in total. The number of nitrogens with zero attached hydrogens (tertiary/aromatic N) is 1. The molecule has 2 aromatic carbocycles. The van der Waals surface area contributed by atoms with E-state index in [1.807, 2.05) is 0 Å². The van der Waals surface area contributed by atoms with Crippen molar-refractivity contribution >= 4 is 11.9 Å². The van der Waals surface area contributed by atoms with Gasteiger partial charge in [-0.05, 0) is 43.5 Å². The number of hydrogen-bond donors (Lipinski definition) is 2. The van der Waals surface area contributed by atoms with Crippen LogP contribution < -0.4 is 0 Å². The lowest BCUT2D eigenvalue weighted by atomic mass is 9.95. The molecule has 1 saturated heterocycles. The fraction of sp³-hybridized carbons (Fsp3) is 0.304. The van der Waals surface area contributed by atoms with Crippen molar-refractivity contribution < 1.29 is 19.8 Å². The van der Waals surface area contributed by atoms with Crippen LogP contribution in [0.25, 0.3) is 0 Å². The SMILES string of the molecule is O=C(O)/C=C/C(=O)O.c1ccc(CC(c2ccccc2)N2CCCCC2)cc1. The molecule has 28 heavy (non-hydrogen) atoms. The molecule has 0 aromatic heterocycles. The second kappa shape index (κ2) is 11.7. The van der Waals surface area contributed by atoms with E-state index in [1.54, 1.807) is 0 Å². The maximum absolute atomic E-state index is 9.55. The van der Waals surface area contributed by atoms with Crippen LogP contribution in [0.4, 0.5) is 0 Å². The maximum Gasteiger partial charge on any atom is 0.328 e. The molecule has 1 fully saturated rings. The van der Waals surface area contributed by atoms with Gasteiger partial charge in [0, 0.05) is 18.2 Å². The molecule has 0 aliphatic carbocycles. The molecule has 3 rings (SSSR count). The topological polar surface area (TPSA) is 77.8 Å². The Hall–Kier alpha value is -2.92. The van der Waals surface area contributed by atoms with E-state index in [9.17, 15) is 9.59 Å². The summed E-state index contributed by atoms with van der Waals surface area (Å²) in [5.74, 6) is -2.51. The van der Waals surface area contributed by atoms with Gasteiger partial charge in [0.15, 0.2) is 0 Å². The van der Waals surface area contributed by atoms with E-state index in [1.165, 1.54) is 43.5 Å². The van der Waals surface area contributed by atoms with Gasteiger partial charge >= 0.3 is 11.9 Å². The summed E-state index contributed by atoms with van der Waals surface area (Å²) in [7, 11) is 0. The van der Waals surface area contributed by atoms with Crippen molar-refractivity contribution in [1.82, 2.24) is 4.90 Å². The highest BCUT2D eigenvalue weighted by molar-refractivity contribution is 5.89. The van der Waals surface area contributed by atoms with E-state index >= 15 is 0 Å². The quantitative estimate of drug-likeness (QED) is 0.735. The zero-order valence-corrected chi connectivity index (χ0v) is 15.9. The summed E-state index contributed by atoms with van der Waals surface area (Å²) < 4.78 is 0. The van der Waals surface area contributed by atoms with Crippen LogP contribution in [0.15, 0.2) is 72.8 Å². The fourth-order valence-electron chi connectivity index (χ4n) is 3.34. The molecule has 0 bridgehead atoms. The molecule has 0 saturated carbocycles. The Morgan fingerprint density at radius 2 is 1.32 bits per heavy atom. The number of carbonyl (C=O) groups is 2. The number of hydrogen-bond acceptors (Lipinski definition) is 3. The number of carboxylic acids is 2. The first-order valence-corrected chi connectivity index (χ1v) is 9.53. The molecule has 1 aliphatic heterocycles. The van der Waals surface area contributed by atoms with Gasteiger partial charge in [0.05, 0.1) is 0 Å². The zero-order chi connectivity index (χ0) is 20.2. The standard InChI is InChI=1S/C19H23N.C4H4O4/c1-4-10-17(11-5-1)16-19(18-12-6-2-7-13-18)20-14-8-3-9-15-20;5-3(6)1-2-4(7)8/h1-2,4-7,10-13,19H,3,8-9,14-16H2;1-2H,(H,5,6)(H,7,8)/b;2-1+. The minimum absolute atomic E-state index is 0.527. The van der Waals surface area contributed by atoms with Gasteiger partial charge in [0.2, 0.25) is 0 Å². The van der Waals surface area contributed by atoms with E-state index in [2.05, 4.69) is 65.6 Å². The van der Waals surface area contributed by atoms with Gasteiger partial charge in [0.1, 0.15) is 0 Å². The van der Waals surface area contributed by atoms with Gasteiger partial charge in [-0.2, -0.15) is 0 Å². The van der Waals surface area contributed by atoms with Crippen molar-refractivity contribution in [2.45, 2.75) is 31.7 Å². The van der Waals surface area contributed by atoms with Crippen molar-refractivity contribution in [3.8, 4) is 0 Å². The smallest absolute Gasteiger partial charge is 0.328 e. The van der Waals surface area contributed by atoms with Crippen molar-refractivity contribution in [1.29, 1.82) is 0 Å². The summed E-state index contributed by atoms with van der Waals surface area (Å²) in [6.07, 6.45) is 6.31. The molecule has 1 heterocycles. The highest BCUT2D eigenvalue weighted by Crippen LogP contribution is 2.27. The molecule has 1 aliphatic rings. The Morgan fingerprint density at radius 3 is 1.82 bits per heavy atom. The molecular formula is C23H27NO4. The summed E-state index contributed by atoms with van der Waals surface area (Å²) in [5.41, 5.74) is 2.89. The predicted molar refractivity (Wildman–Crippen MR) is 109 cm³/mol. The average Bonchev–Trinajstić information content (AvgIpc) is 2.73. The van der Waals surface area contributed by atoms with E-state index in [-0.39, 0.29) is 0 Å². The van der Waals surface area contributed by atoms with Gasteiger partial charge in [-0.3, -0.25) is 4.90 Å². The maximum atomic E-state index is 9.55. The van der Waals surface area contributed by atoms with Crippen LogP contribution in [0.3, 0.4) is 0 Å². The fourth-order valence-corrected chi connectivity index (χ4v) is 3.34. The molecule has 1 unspecified atom stereocenters. The lowest BCUT2D eigenvalue weighted by Gasteiger charge is -2.35. The second-order valence-corrected chi connectivity index (χ2v) is 6.72. The largest absolute Gasteiger partial charge is 0.478 e. The third-order valence-electron chi connectivity index (χ3n) is 4.66. The van der Waals surface area contributed by atoms with Crippen LogP contribution >= 0.6 is 0 Å². The van der Waals surface area contributed by atoms with E-state index in [0.29, 0.717) is 18.2 Å². The minimum Gasteiger partial charge on any atom is -0.478 e. The number of rotatable bonds is 6. The summed E-state index contributed by atoms with van der Waals surface area (Å²) >= 11 is 0. The zero-order valence-electron chi connectivity index (χ0n) is 15.9. The lowest BCUT2D eigenvalue weighted by Crippen LogP contribution is -2.34. The van der Waals surface area contributed by atoms with Crippen LogP contribution in [-0.4, -0.2) is 40.1 Å². The molecule has 5 heteroatoms. The molecule has 0 spiro atoms. The second-order valence-electron chi connectivity index (χ2n) is 6.72. The highest BCUT2D eigenvalue weighted by atomic mass is 16.4. The van der Waals surface area contributed by atoms with Gasteiger partial charge < -0.3 is 10.2 Å². The van der Waals surface area contributed by atoms with Gasteiger partial charge in [-0.25, -0.2) is 9.59 Å². The van der Waals surface area contributed by atoms with Crippen LogP contribution in [0, 0.1) is 0 Å². The first kappa shape index (κ1) is 21.4. The molecule has 1 atom stereocenters. The molecular weight excluding hydrogens is 354 g/mol. The number of likely N-dealkylation sites (tertiary alicyclic amines) is 1. The summed E-state index contributed by atoms with van der Waals surface area (Å²) in [4.78, 5) is 21.8. The van der Waals surface area contributed by atoms with Crippen molar-refractivity contribution in [3.63, 3.8) is 0 Å². The van der Waals surface area contributed by atoms with Gasteiger partial charge in [-0.1, -0.05) is 67.1 Å². The first-order chi connectivity index (χ1) is 13.6. The van der Waals surface area contributed by atoms with Crippen molar-refractivity contribution in [2.75, 3.05) is 13.1 Å². The molecule has 0 radical (unpaired) electrons. The van der Waals surface area contributed by atoms with Crippen LogP contribution in [0.2, 0.25) is 0 Å². The van der Waals surface area contributed by atoms with E-state index in [4.69, 9.17) is 10.2 Å². The third-order valence-corrected chi connectivity index (χ3v) is 4.66. The Balaban J connectivity index is 0.000000300. The highest BCUT2D eigenvalue weighted by Gasteiger charge is 2.22. The number of carboxylic acid groups (broad SMARTS) is 2. The average molecular weight is 381 g/mol. The number of benzene rings is 2. The number of piperidine rings is 1. The first-order valence-electron chi connectivity index (χ1n) is 9.53. The summed E-state index contributed by atoms with van der Waals surface area (Å²) in [6.45, 7) is 2.48. The Bertz CT molecular complexity index is 737. The number of aliphatic carboxylic acids is 2. The normalized spacial score (nSPS) is 15.4. The summed E-state index contributed by atoms with van der Waals surface area (Å²) in [6, 6.07) is 22.4. The Morgan fingerprint density at radius 1 is 0.821 bits per heavy atom. The van der Waals surface area contributed by atoms with E-state index < -0.39 is 11.9 Å². The van der Waals surface area contributed by atoms with Gasteiger partial charge in [0.25, 0.3) is 0 Å².